The summed E-state index contributed by atoms with van der Waals surface area (Å²) >= 11 is 0. The minimum atomic E-state index is -1.29. The van der Waals surface area contributed by atoms with Gasteiger partial charge < -0.3 is 26.5 Å². The van der Waals surface area contributed by atoms with Gasteiger partial charge in [-0.1, -0.05) is 0 Å². The van der Waals surface area contributed by atoms with Crippen LogP contribution in [0.15, 0.2) is 0 Å². The van der Waals surface area contributed by atoms with Crippen molar-refractivity contribution >= 4 is 32.7 Å². The highest BCUT2D eigenvalue weighted by Gasteiger charge is 2.22. The summed E-state index contributed by atoms with van der Waals surface area (Å²) in [6, 6.07) is -1.93. The molecule has 0 aromatic heterocycles. The van der Waals surface area contributed by atoms with Gasteiger partial charge in [-0.3, -0.25) is 4.79 Å². The van der Waals surface area contributed by atoms with Gasteiger partial charge in [0, 0.05) is 0 Å². The number of hydrogen-bond donors (Lipinski definition) is 3. The Hall–Kier alpha value is -0.440. The number of rotatable bonds is 7. The Bertz CT molecular complexity index is 239. The monoisotopic (exact) mass is 254 g/mol. The number of carboxylic acids is 2. The maximum Gasteiger partial charge on any atom is 0.321 e. The minimum Gasteiger partial charge on any atom is -0.548 e. The molecule has 6 nitrogen and oxygen atoms in total. The van der Waals surface area contributed by atoms with Crippen molar-refractivity contribution in [2.45, 2.75) is 12.1 Å². The molecule has 0 aliphatic carbocycles. The van der Waals surface area contributed by atoms with E-state index in [2.05, 4.69) is 0 Å². The van der Waals surface area contributed by atoms with E-state index < -0.39 is 24.0 Å². The van der Waals surface area contributed by atoms with Crippen molar-refractivity contribution in [2.75, 3.05) is 17.8 Å². The molecule has 0 aromatic rings. The highest BCUT2D eigenvalue weighted by molar-refractivity contribution is 8.74. The lowest BCUT2D eigenvalue weighted by molar-refractivity contribution is -0.306. The maximum absolute atomic E-state index is 10.4. The van der Waals surface area contributed by atoms with Crippen LogP contribution in [0.1, 0.15) is 0 Å². The van der Waals surface area contributed by atoms with Crippen molar-refractivity contribution in [1.82, 2.24) is 0 Å². The molecule has 0 saturated heterocycles. The van der Waals surface area contributed by atoms with E-state index in [4.69, 9.17) is 16.6 Å². The van der Waals surface area contributed by atoms with Gasteiger partial charge in [0.1, 0.15) is 18.1 Å². The smallest absolute Gasteiger partial charge is 0.321 e. The molecular formula is C7H14N2O4S2. The molecule has 0 heterocycles. The first-order valence-corrected chi connectivity index (χ1v) is 7.35. The predicted molar refractivity (Wildman–Crippen MR) is 59.2 cm³/mol. The van der Waals surface area contributed by atoms with E-state index in [0.717, 1.165) is 0 Å². The summed E-state index contributed by atoms with van der Waals surface area (Å²) in [6.45, 7) is 0. The van der Waals surface area contributed by atoms with Gasteiger partial charge in [-0.05, 0) is 0 Å². The molecule has 88 valence electrons. The van der Waals surface area contributed by atoms with Gasteiger partial charge in [-0.15, -0.1) is 0 Å². The highest BCUT2D eigenvalue weighted by atomic mass is 33.1. The van der Waals surface area contributed by atoms with E-state index in [-0.39, 0.29) is 21.4 Å². The van der Waals surface area contributed by atoms with E-state index >= 15 is 0 Å². The molecule has 0 aliphatic rings. The Morgan fingerprint density at radius 3 is 2.40 bits per heavy atom. The van der Waals surface area contributed by atoms with E-state index in [1.54, 1.807) is 6.26 Å². The zero-order valence-electron chi connectivity index (χ0n) is 8.21. The van der Waals surface area contributed by atoms with Crippen LogP contribution in [-0.4, -0.2) is 46.9 Å². The Labute approximate surface area is 94.1 Å². The third-order valence-corrected chi connectivity index (χ3v) is 5.23. The zero-order chi connectivity index (χ0) is 12.0. The lowest BCUT2D eigenvalue weighted by Gasteiger charge is -2.11. The van der Waals surface area contributed by atoms with Crippen LogP contribution < -0.4 is 16.6 Å². The van der Waals surface area contributed by atoms with Gasteiger partial charge in [0.05, 0.1) is 38.5 Å². The van der Waals surface area contributed by atoms with E-state index in [0.29, 0.717) is 0 Å². The number of carbonyl (C=O) groups excluding carboxylic acids is 1. The second-order valence-corrected chi connectivity index (χ2v) is 7.36. The van der Waals surface area contributed by atoms with Gasteiger partial charge in [0.25, 0.3) is 0 Å². The van der Waals surface area contributed by atoms with Gasteiger partial charge in [0.15, 0.2) is 0 Å². The van der Waals surface area contributed by atoms with Crippen LogP contribution in [0.3, 0.4) is 0 Å². The molecular weight excluding hydrogens is 240 g/mol. The fourth-order valence-corrected chi connectivity index (χ4v) is 3.75. The van der Waals surface area contributed by atoms with Crippen LogP contribution in [0.5, 0.6) is 0 Å². The molecule has 3 atom stereocenters. The van der Waals surface area contributed by atoms with Crippen LogP contribution in [0, 0.1) is 0 Å². The van der Waals surface area contributed by atoms with Crippen LogP contribution in [0.2, 0.25) is 0 Å². The molecule has 1 unspecified atom stereocenters. The Morgan fingerprint density at radius 2 is 2.00 bits per heavy atom. The zero-order valence-corrected chi connectivity index (χ0v) is 9.85. The van der Waals surface area contributed by atoms with Crippen molar-refractivity contribution in [3.05, 3.63) is 0 Å². The van der Waals surface area contributed by atoms with Crippen molar-refractivity contribution in [3.63, 3.8) is 0 Å². The highest BCUT2D eigenvalue weighted by Crippen LogP contribution is 2.15. The molecule has 8 heteroatoms. The van der Waals surface area contributed by atoms with Gasteiger partial charge in [-0.2, -0.15) is 0 Å². The molecule has 0 amide bonds. The van der Waals surface area contributed by atoms with E-state index in [1.165, 1.54) is 10.8 Å². The molecule has 0 spiro atoms. The van der Waals surface area contributed by atoms with Gasteiger partial charge in [0.2, 0.25) is 0 Å². The third kappa shape index (κ3) is 6.61. The van der Waals surface area contributed by atoms with Gasteiger partial charge in [-0.25, -0.2) is 0 Å². The predicted octanol–water partition coefficient (Wildman–Crippen LogP) is -2.63. The largest absolute Gasteiger partial charge is 0.548 e. The molecule has 0 aliphatic heterocycles. The third-order valence-electron chi connectivity index (χ3n) is 1.48. The standard InChI is InChI=1S/C7H14N2O4S2/c1-15(3-5(9)7(12)13)14-2-4(8)6(10)11/h4-5H,2-3,8-9H2,1H3,(H-,10,11,12,13)/t4-,5-,15?/m0/s1. The van der Waals surface area contributed by atoms with Crippen molar-refractivity contribution in [1.29, 1.82) is 0 Å². The van der Waals surface area contributed by atoms with Crippen LogP contribution in [0.4, 0.5) is 0 Å². The fourth-order valence-electron chi connectivity index (χ4n) is 0.630. The minimum absolute atomic E-state index is 0.245. The molecule has 0 radical (unpaired) electrons. The normalized spacial score (nSPS) is 16.7. The molecule has 15 heavy (non-hydrogen) atoms. The Kier molecular flexibility index (Phi) is 6.73. The summed E-state index contributed by atoms with van der Waals surface area (Å²) in [5.74, 6) is -1.85. The topological polar surface area (TPSA) is 129 Å². The average molecular weight is 254 g/mol. The summed E-state index contributed by atoms with van der Waals surface area (Å²) in [6.07, 6.45) is 1.79. The lowest BCUT2D eigenvalue weighted by atomic mass is 10.4. The average Bonchev–Trinajstić information content (AvgIpc) is 2.13. The van der Waals surface area contributed by atoms with Gasteiger partial charge >= 0.3 is 5.97 Å². The lowest BCUT2D eigenvalue weighted by Crippen LogP contribution is -2.45. The van der Waals surface area contributed by atoms with E-state index in [9.17, 15) is 14.7 Å². The summed E-state index contributed by atoms with van der Waals surface area (Å²) in [5.41, 5.74) is 10.5. The molecule has 0 saturated carbocycles. The molecule has 5 N–H and O–H groups in total. The maximum atomic E-state index is 10.4. The van der Waals surface area contributed by atoms with Crippen molar-refractivity contribution in [2.24, 2.45) is 11.5 Å². The first kappa shape index (κ1) is 14.6. The molecule has 0 bridgehead atoms. The van der Waals surface area contributed by atoms with Crippen LogP contribution in [-0.2, 0) is 19.5 Å². The Balaban J connectivity index is 3.79. The quantitative estimate of drug-likeness (QED) is 0.335. The number of aliphatic carboxylic acids is 2. The van der Waals surface area contributed by atoms with Crippen LogP contribution >= 0.6 is 10.8 Å². The second-order valence-electron chi connectivity index (χ2n) is 2.89. The Morgan fingerprint density at radius 1 is 1.47 bits per heavy atom. The SMILES string of the molecule is C[S+](C[C@H](N)C(=O)[O-])SC[C@H](N)C(=O)O. The number of hydrogen-bond acceptors (Lipinski definition) is 6. The first-order chi connectivity index (χ1) is 6.84. The fraction of sp³-hybridized carbons (Fsp3) is 0.714. The van der Waals surface area contributed by atoms with Crippen LogP contribution in [0.25, 0.3) is 0 Å². The first-order valence-electron chi connectivity index (χ1n) is 4.05. The molecule has 0 rings (SSSR count). The number of carbonyl (C=O) groups is 2. The molecule has 0 fully saturated rings. The molecule has 0 aromatic carbocycles. The van der Waals surface area contributed by atoms with Crippen molar-refractivity contribution in [3.8, 4) is 0 Å². The van der Waals surface area contributed by atoms with Crippen molar-refractivity contribution < 1.29 is 19.8 Å². The summed E-state index contributed by atoms with van der Waals surface area (Å²) < 4.78 is 0. The summed E-state index contributed by atoms with van der Waals surface area (Å²) in [7, 11) is 0.979. The second kappa shape index (κ2) is 6.94. The summed E-state index contributed by atoms with van der Waals surface area (Å²) in [4.78, 5) is 20.7. The number of nitrogens with two attached hydrogens (primary N) is 2. The van der Waals surface area contributed by atoms with E-state index in [1.807, 2.05) is 0 Å². The summed E-state index contributed by atoms with van der Waals surface area (Å²) in [5, 5.41) is 18.8. The number of carboxylic acid groups (broad SMARTS) is 2.